The summed E-state index contributed by atoms with van der Waals surface area (Å²) >= 11 is 0. The van der Waals surface area contributed by atoms with Crippen molar-refractivity contribution in [2.24, 2.45) is 0 Å². The minimum Gasteiger partial charge on any atom is -0.385 e. The molecule has 1 aliphatic rings. The lowest BCUT2D eigenvalue weighted by Crippen LogP contribution is -2.31. The molecule has 0 saturated carbocycles. The van der Waals surface area contributed by atoms with E-state index in [-0.39, 0.29) is 11.9 Å². The van der Waals surface area contributed by atoms with Crippen LogP contribution >= 0.6 is 0 Å². The smallest absolute Gasteiger partial charge is 0.221 e. The second-order valence-corrected chi connectivity index (χ2v) is 5.24. The van der Waals surface area contributed by atoms with Crippen LogP contribution in [0.3, 0.4) is 0 Å². The van der Waals surface area contributed by atoms with Gasteiger partial charge in [0.25, 0.3) is 0 Å². The van der Waals surface area contributed by atoms with Gasteiger partial charge in [0, 0.05) is 24.7 Å². The summed E-state index contributed by atoms with van der Waals surface area (Å²) in [5.41, 5.74) is 4.08. The van der Waals surface area contributed by atoms with Gasteiger partial charge in [0.05, 0.1) is 0 Å². The van der Waals surface area contributed by atoms with E-state index in [1.54, 1.807) is 0 Å². The molecule has 1 amide bonds. The fraction of sp³-hybridized carbons (Fsp3) is 0.533. The lowest BCUT2D eigenvalue weighted by Gasteiger charge is -2.10. The number of benzene rings is 1. The largest absolute Gasteiger partial charge is 0.385 e. The van der Waals surface area contributed by atoms with E-state index in [9.17, 15) is 4.79 Å². The second-order valence-electron chi connectivity index (χ2n) is 5.24. The molecule has 0 heterocycles. The molecule has 98 valence electrons. The van der Waals surface area contributed by atoms with Gasteiger partial charge in [0.15, 0.2) is 0 Å². The quantitative estimate of drug-likeness (QED) is 0.838. The molecule has 1 aromatic carbocycles. The highest BCUT2D eigenvalue weighted by Gasteiger charge is 2.10. The van der Waals surface area contributed by atoms with E-state index < -0.39 is 0 Å². The van der Waals surface area contributed by atoms with Gasteiger partial charge in [-0.05, 0) is 56.4 Å². The van der Waals surface area contributed by atoms with E-state index in [0.29, 0.717) is 13.0 Å². The minimum absolute atomic E-state index is 0.110. The van der Waals surface area contributed by atoms with Crippen LogP contribution in [0.1, 0.15) is 37.8 Å². The third kappa shape index (κ3) is 3.49. The van der Waals surface area contributed by atoms with Crippen LogP contribution in [0.4, 0.5) is 5.69 Å². The molecule has 3 nitrogen and oxygen atoms in total. The number of amides is 1. The fourth-order valence-electron chi connectivity index (χ4n) is 2.40. The molecule has 2 N–H and O–H groups in total. The van der Waals surface area contributed by atoms with Crippen LogP contribution in [0.25, 0.3) is 0 Å². The summed E-state index contributed by atoms with van der Waals surface area (Å²) in [7, 11) is 0. The van der Waals surface area contributed by atoms with E-state index in [1.807, 2.05) is 13.8 Å². The van der Waals surface area contributed by atoms with Gasteiger partial charge >= 0.3 is 0 Å². The maximum Gasteiger partial charge on any atom is 0.221 e. The monoisotopic (exact) mass is 246 g/mol. The maximum atomic E-state index is 11.5. The van der Waals surface area contributed by atoms with E-state index in [2.05, 4.69) is 28.8 Å². The van der Waals surface area contributed by atoms with Crippen molar-refractivity contribution < 1.29 is 4.79 Å². The average Bonchev–Trinajstić information content (AvgIpc) is 2.75. The number of aryl methyl sites for hydroxylation is 2. The van der Waals surface area contributed by atoms with Gasteiger partial charge in [-0.3, -0.25) is 4.79 Å². The Bertz CT molecular complexity index is 427. The predicted octanol–water partition coefficient (Wildman–Crippen LogP) is 2.50. The molecule has 0 bridgehead atoms. The maximum absolute atomic E-state index is 11.5. The van der Waals surface area contributed by atoms with E-state index in [0.717, 1.165) is 5.69 Å². The average molecular weight is 246 g/mol. The topological polar surface area (TPSA) is 41.1 Å². The SMILES string of the molecule is CC(C)NC(=O)CCNc1ccc2c(c1)CCC2. The summed E-state index contributed by atoms with van der Waals surface area (Å²) in [5, 5.41) is 6.21. The van der Waals surface area contributed by atoms with Crippen LogP contribution in [0.15, 0.2) is 18.2 Å². The van der Waals surface area contributed by atoms with Crippen LogP contribution < -0.4 is 10.6 Å². The van der Waals surface area contributed by atoms with Crippen molar-refractivity contribution in [1.82, 2.24) is 5.32 Å². The molecule has 1 aromatic rings. The number of carbonyl (C=O) groups is 1. The molecule has 0 atom stereocenters. The van der Waals surface area contributed by atoms with Crippen LogP contribution in [-0.4, -0.2) is 18.5 Å². The van der Waals surface area contributed by atoms with Crippen molar-refractivity contribution in [2.75, 3.05) is 11.9 Å². The standard InChI is InChI=1S/C15H22N2O/c1-11(2)17-15(18)8-9-16-14-7-6-12-4-3-5-13(12)10-14/h6-7,10-11,16H,3-5,8-9H2,1-2H3,(H,17,18). The molecule has 1 aliphatic carbocycles. The van der Waals surface area contributed by atoms with Crippen LogP contribution in [0.5, 0.6) is 0 Å². The Morgan fingerprint density at radius 1 is 1.28 bits per heavy atom. The third-order valence-electron chi connectivity index (χ3n) is 3.23. The molecular formula is C15H22N2O. The van der Waals surface area contributed by atoms with Crippen LogP contribution in [-0.2, 0) is 17.6 Å². The van der Waals surface area contributed by atoms with Gasteiger partial charge in [-0.25, -0.2) is 0 Å². The summed E-state index contributed by atoms with van der Waals surface area (Å²) in [6.45, 7) is 4.65. The van der Waals surface area contributed by atoms with Crippen molar-refractivity contribution in [3.63, 3.8) is 0 Å². The summed E-state index contributed by atoms with van der Waals surface area (Å²) in [6, 6.07) is 6.77. The zero-order valence-corrected chi connectivity index (χ0v) is 11.3. The molecule has 0 saturated heterocycles. The van der Waals surface area contributed by atoms with Crippen molar-refractivity contribution in [1.29, 1.82) is 0 Å². The van der Waals surface area contributed by atoms with Gasteiger partial charge in [-0.1, -0.05) is 6.07 Å². The number of carbonyl (C=O) groups excluding carboxylic acids is 1. The molecule has 0 radical (unpaired) electrons. The third-order valence-corrected chi connectivity index (χ3v) is 3.23. The highest BCUT2D eigenvalue weighted by molar-refractivity contribution is 5.76. The molecule has 0 aromatic heterocycles. The van der Waals surface area contributed by atoms with Crippen LogP contribution in [0, 0.1) is 0 Å². The van der Waals surface area contributed by atoms with Crippen molar-refractivity contribution >= 4 is 11.6 Å². The zero-order valence-electron chi connectivity index (χ0n) is 11.3. The minimum atomic E-state index is 0.110. The molecule has 0 spiro atoms. The lowest BCUT2D eigenvalue weighted by atomic mass is 10.1. The molecule has 2 rings (SSSR count). The number of fused-ring (bicyclic) bond motifs is 1. The van der Waals surface area contributed by atoms with Gasteiger partial charge in [0.1, 0.15) is 0 Å². The number of rotatable bonds is 5. The fourth-order valence-corrected chi connectivity index (χ4v) is 2.40. The Balaban J connectivity index is 1.78. The van der Waals surface area contributed by atoms with Crippen molar-refractivity contribution in [3.05, 3.63) is 29.3 Å². The summed E-state index contributed by atoms with van der Waals surface area (Å²) < 4.78 is 0. The van der Waals surface area contributed by atoms with E-state index in [1.165, 1.54) is 30.4 Å². The van der Waals surface area contributed by atoms with E-state index in [4.69, 9.17) is 0 Å². The highest BCUT2D eigenvalue weighted by Crippen LogP contribution is 2.24. The lowest BCUT2D eigenvalue weighted by molar-refractivity contribution is -0.121. The van der Waals surface area contributed by atoms with Gasteiger partial charge < -0.3 is 10.6 Å². The Hall–Kier alpha value is -1.51. The molecule has 18 heavy (non-hydrogen) atoms. The molecule has 0 fully saturated rings. The van der Waals surface area contributed by atoms with Crippen LogP contribution in [0.2, 0.25) is 0 Å². The van der Waals surface area contributed by atoms with Gasteiger partial charge in [0.2, 0.25) is 5.91 Å². The first-order valence-electron chi connectivity index (χ1n) is 6.80. The highest BCUT2D eigenvalue weighted by atomic mass is 16.1. The second kappa shape index (κ2) is 5.89. The Morgan fingerprint density at radius 3 is 2.83 bits per heavy atom. The number of hydrogen-bond acceptors (Lipinski definition) is 2. The first-order chi connectivity index (χ1) is 8.65. The number of nitrogens with one attached hydrogen (secondary N) is 2. The first kappa shape index (κ1) is 12.9. The zero-order chi connectivity index (χ0) is 13.0. The predicted molar refractivity (Wildman–Crippen MR) is 74.9 cm³/mol. The number of hydrogen-bond donors (Lipinski definition) is 2. The molecule has 3 heteroatoms. The molecule has 0 aliphatic heterocycles. The van der Waals surface area contributed by atoms with Crippen molar-refractivity contribution in [2.45, 2.75) is 45.6 Å². The summed E-state index contributed by atoms with van der Waals surface area (Å²) in [6.07, 6.45) is 4.20. The molecular weight excluding hydrogens is 224 g/mol. The van der Waals surface area contributed by atoms with Gasteiger partial charge in [-0.2, -0.15) is 0 Å². The normalized spacial score (nSPS) is 13.5. The number of anilines is 1. The van der Waals surface area contributed by atoms with Crippen molar-refractivity contribution in [3.8, 4) is 0 Å². The van der Waals surface area contributed by atoms with E-state index >= 15 is 0 Å². The Labute approximate surface area is 109 Å². The first-order valence-corrected chi connectivity index (χ1v) is 6.80. The Morgan fingerprint density at radius 2 is 2.06 bits per heavy atom. The summed E-state index contributed by atoms with van der Waals surface area (Å²) in [5.74, 6) is 0.110. The Kier molecular flexibility index (Phi) is 4.24. The molecule has 0 unspecified atom stereocenters. The summed E-state index contributed by atoms with van der Waals surface area (Å²) in [4.78, 5) is 11.5. The van der Waals surface area contributed by atoms with Gasteiger partial charge in [-0.15, -0.1) is 0 Å².